The van der Waals surface area contributed by atoms with Crippen LogP contribution >= 0.6 is 0 Å². The topological polar surface area (TPSA) is 38.7 Å². The number of aliphatic imine (C=N–C) groups is 1. The maximum atomic E-state index is 13.4. The van der Waals surface area contributed by atoms with Gasteiger partial charge in [0.05, 0.1) is 21.3 Å². The molecule has 1 heterocycles. The zero-order valence-electron chi connectivity index (χ0n) is 17.8. The van der Waals surface area contributed by atoms with Crippen LogP contribution in [-0.2, 0) is 21.1 Å². The monoisotopic (exact) mass is 437 g/mol. The van der Waals surface area contributed by atoms with Crippen molar-refractivity contribution in [3.05, 3.63) is 131 Å². The van der Waals surface area contributed by atoms with Crippen molar-refractivity contribution in [1.82, 2.24) is 0 Å². The lowest BCUT2D eigenvalue weighted by Gasteiger charge is -2.25. The van der Waals surface area contributed by atoms with Crippen molar-refractivity contribution in [1.29, 1.82) is 0 Å². The van der Waals surface area contributed by atoms with Gasteiger partial charge in [0.25, 0.3) is 0 Å². The molecule has 0 radical (unpaired) electrons. The normalized spacial score (nSPS) is 15.6. The maximum Gasteiger partial charge on any atom is 0.218 e. The minimum atomic E-state index is -1.34. The van der Waals surface area contributed by atoms with Gasteiger partial charge in [-0.3, -0.25) is 0 Å². The zero-order valence-corrected chi connectivity index (χ0v) is 18.6. The van der Waals surface area contributed by atoms with Crippen molar-refractivity contribution < 1.29 is 8.95 Å². The first-order chi connectivity index (χ1) is 15.7. The molecule has 1 atom stereocenters. The summed E-state index contributed by atoms with van der Waals surface area (Å²) in [5.41, 5.74) is 3.39. The Morgan fingerprint density at radius 1 is 0.750 bits per heavy atom. The number of benzene rings is 4. The van der Waals surface area contributed by atoms with Crippen molar-refractivity contribution in [3.8, 4) is 0 Å². The molecule has 4 heteroatoms. The molecular weight excluding hydrogens is 414 g/mol. The molecule has 0 aliphatic carbocycles. The van der Waals surface area contributed by atoms with Crippen molar-refractivity contribution >= 4 is 16.7 Å². The van der Waals surface area contributed by atoms with E-state index in [1.54, 1.807) is 0 Å². The van der Waals surface area contributed by atoms with Gasteiger partial charge in [0.15, 0.2) is 0 Å². The standard InChI is InChI=1S/C28H23NO2S/c1-21-16-18-24(19-17-21)32(30)26-15-9-8-14-25(26)27-29-28(20-31-27,22-10-4-2-5-11-22)23-12-6-3-7-13-23/h2-19H,20H2,1H3. The van der Waals surface area contributed by atoms with Crippen LogP contribution in [-0.4, -0.2) is 16.7 Å². The average molecular weight is 438 g/mol. The Bertz CT molecular complexity index is 1240. The largest absolute Gasteiger partial charge is 0.474 e. The molecule has 4 aromatic rings. The lowest BCUT2D eigenvalue weighted by molar-refractivity contribution is 0.282. The Balaban J connectivity index is 1.62. The fourth-order valence-corrected chi connectivity index (χ4v) is 5.23. The van der Waals surface area contributed by atoms with Crippen LogP contribution in [0.1, 0.15) is 22.3 Å². The van der Waals surface area contributed by atoms with Crippen molar-refractivity contribution in [3.63, 3.8) is 0 Å². The fourth-order valence-electron chi connectivity index (χ4n) is 4.03. The van der Waals surface area contributed by atoms with Crippen LogP contribution in [0.5, 0.6) is 0 Å². The molecule has 1 aliphatic rings. The van der Waals surface area contributed by atoms with E-state index in [-0.39, 0.29) is 0 Å². The third-order valence-electron chi connectivity index (χ3n) is 5.77. The highest BCUT2D eigenvalue weighted by Gasteiger charge is 2.41. The zero-order chi connectivity index (χ0) is 22.0. The summed E-state index contributed by atoms with van der Waals surface area (Å²) in [6.45, 7) is 2.41. The molecule has 1 aliphatic heterocycles. The first-order valence-electron chi connectivity index (χ1n) is 10.6. The van der Waals surface area contributed by atoms with Crippen molar-refractivity contribution in [2.24, 2.45) is 4.99 Å². The van der Waals surface area contributed by atoms with Crippen LogP contribution < -0.4 is 0 Å². The van der Waals surface area contributed by atoms with Gasteiger partial charge in [-0.1, -0.05) is 90.5 Å². The van der Waals surface area contributed by atoms with E-state index in [4.69, 9.17) is 9.73 Å². The molecule has 0 bridgehead atoms. The molecular formula is C28H23NO2S. The van der Waals surface area contributed by atoms with E-state index in [1.165, 1.54) is 0 Å². The van der Waals surface area contributed by atoms with Crippen LogP contribution in [0.4, 0.5) is 0 Å². The number of hydrogen-bond acceptors (Lipinski definition) is 3. The minimum Gasteiger partial charge on any atom is -0.474 e. The van der Waals surface area contributed by atoms with Gasteiger partial charge in [-0.2, -0.15) is 0 Å². The van der Waals surface area contributed by atoms with E-state index >= 15 is 0 Å². The predicted molar refractivity (Wildman–Crippen MR) is 128 cm³/mol. The summed E-state index contributed by atoms with van der Waals surface area (Å²) in [4.78, 5) is 6.61. The molecule has 158 valence electrons. The third-order valence-corrected chi connectivity index (χ3v) is 7.22. The SMILES string of the molecule is Cc1ccc(S(=O)c2ccccc2C2=NC(c3ccccc3)(c3ccccc3)CO2)cc1. The summed E-state index contributed by atoms with van der Waals surface area (Å²) in [5.74, 6) is 0.522. The molecule has 0 saturated heterocycles. The number of ether oxygens (including phenoxy) is 1. The summed E-state index contributed by atoms with van der Waals surface area (Å²) >= 11 is 0. The summed E-state index contributed by atoms with van der Waals surface area (Å²) in [5, 5.41) is 0. The maximum absolute atomic E-state index is 13.4. The van der Waals surface area contributed by atoms with E-state index in [1.807, 2.05) is 91.9 Å². The average Bonchev–Trinajstić information content (AvgIpc) is 3.32. The van der Waals surface area contributed by atoms with Crippen molar-refractivity contribution in [2.45, 2.75) is 22.3 Å². The quantitative estimate of drug-likeness (QED) is 0.391. The van der Waals surface area contributed by atoms with Gasteiger partial charge in [-0.05, 0) is 42.3 Å². The number of nitrogens with zero attached hydrogens (tertiary/aromatic N) is 1. The lowest BCUT2D eigenvalue weighted by Crippen LogP contribution is -2.26. The molecule has 0 spiro atoms. The molecule has 0 aromatic heterocycles. The molecule has 5 rings (SSSR count). The molecule has 0 fully saturated rings. The second kappa shape index (κ2) is 8.56. The van der Waals surface area contributed by atoms with Gasteiger partial charge in [0.1, 0.15) is 12.1 Å². The molecule has 1 unspecified atom stereocenters. The van der Waals surface area contributed by atoms with Crippen LogP contribution in [0.3, 0.4) is 0 Å². The Morgan fingerprint density at radius 2 is 1.31 bits per heavy atom. The number of rotatable bonds is 5. The van der Waals surface area contributed by atoms with E-state index in [0.717, 1.165) is 27.1 Å². The van der Waals surface area contributed by atoms with Gasteiger partial charge < -0.3 is 4.74 Å². The molecule has 32 heavy (non-hydrogen) atoms. The Labute approximate surface area is 190 Å². The number of hydrogen-bond donors (Lipinski definition) is 0. The number of aryl methyl sites for hydroxylation is 1. The predicted octanol–water partition coefficient (Wildman–Crippen LogP) is 5.88. The smallest absolute Gasteiger partial charge is 0.218 e. The van der Waals surface area contributed by atoms with Crippen LogP contribution in [0.25, 0.3) is 0 Å². The van der Waals surface area contributed by atoms with Gasteiger partial charge in [-0.15, -0.1) is 0 Å². The third kappa shape index (κ3) is 3.67. The van der Waals surface area contributed by atoms with Crippen LogP contribution in [0, 0.1) is 6.92 Å². The highest BCUT2D eigenvalue weighted by Crippen LogP contribution is 2.39. The molecule has 4 aromatic carbocycles. The second-order valence-corrected chi connectivity index (χ2v) is 9.32. The van der Waals surface area contributed by atoms with Gasteiger partial charge in [0.2, 0.25) is 5.90 Å². The Hall–Kier alpha value is -3.50. The summed E-state index contributed by atoms with van der Waals surface area (Å²) in [6.07, 6.45) is 0. The van der Waals surface area contributed by atoms with Crippen LogP contribution in [0.15, 0.2) is 124 Å². The molecule has 0 saturated carbocycles. The van der Waals surface area contributed by atoms with E-state index < -0.39 is 16.3 Å². The summed E-state index contributed by atoms with van der Waals surface area (Å²) in [7, 11) is -1.34. The first-order valence-corrected chi connectivity index (χ1v) is 11.7. The molecule has 0 N–H and O–H groups in total. The highest BCUT2D eigenvalue weighted by molar-refractivity contribution is 7.85. The van der Waals surface area contributed by atoms with Crippen molar-refractivity contribution in [2.75, 3.05) is 6.61 Å². The van der Waals surface area contributed by atoms with Gasteiger partial charge in [0, 0.05) is 4.90 Å². The molecule has 3 nitrogen and oxygen atoms in total. The summed E-state index contributed by atoms with van der Waals surface area (Å²) in [6, 6.07) is 35.9. The fraction of sp³-hybridized carbons (Fsp3) is 0.107. The van der Waals surface area contributed by atoms with Gasteiger partial charge in [-0.25, -0.2) is 9.20 Å². The van der Waals surface area contributed by atoms with Gasteiger partial charge >= 0.3 is 0 Å². The van der Waals surface area contributed by atoms with E-state index in [2.05, 4.69) is 24.3 Å². The first kappa shape index (κ1) is 20.4. The molecule has 0 amide bonds. The lowest BCUT2D eigenvalue weighted by atomic mass is 9.84. The Kier molecular flexibility index (Phi) is 5.46. The van der Waals surface area contributed by atoms with Crippen LogP contribution in [0.2, 0.25) is 0 Å². The minimum absolute atomic E-state index is 0.391. The summed E-state index contributed by atoms with van der Waals surface area (Å²) < 4.78 is 19.7. The second-order valence-electron chi connectivity index (χ2n) is 7.88. The highest BCUT2D eigenvalue weighted by atomic mass is 32.2. The van der Waals surface area contributed by atoms with E-state index in [9.17, 15) is 4.21 Å². The van der Waals surface area contributed by atoms with E-state index in [0.29, 0.717) is 17.4 Å². The Morgan fingerprint density at radius 3 is 1.94 bits per heavy atom.